The molecule has 1 aliphatic rings. The van der Waals surface area contributed by atoms with Crippen molar-refractivity contribution in [3.05, 3.63) is 71.5 Å². The molecule has 6 nitrogen and oxygen atoms in total. The molecule has 0 unspecified atom stereocenters. The lowest BCUT2D eigenvalue weighted by atomic mass is 10.1. The maximum absolute atomic E-state index is 13.1. The van der Waals surface area contributed by atoms with E-state index in [9.17, 15) is 13.2 Å². The van der Waals surface area contributed by atoms with Gasteiger partial charge in [-0.05, 0) is 52.7 Å². The summed E-state index contributed by atoms with van der Waals surface area (Å²) < 4.78 is 27.6. The fourth-order valence-electron chi connectivity index (χ4n) is 3.47. The number of amides is 1. The highest BCUT2D eigenvalue weighted by molar-refractivity contribution is 7.89. The molecule has 2 heterocycles. The molecule has 1 aromatic heterocycles. The molecular formula is C21H20ClN3O3S. The molecule has 0 spiro atoms. The second-order valence-electron chi connectivity index (χ2n) is 6.97. The molecule has 4 rings (SSSR count). The van der Waals surface area contributed by atoms with Gasteiger partial charge in [0.05, 0.1) is 11.3 Å². The summed E-state index contributed by atoms with van der Waals surface area (Å²) in [6.45, 7) is 1.32. The summed E-state index contributed by atoms with van der Waals surface area (Å²) in [6, 6.07) is 14.0. The number of sulfonamides is 1. The van der Waals surface area contributed by atoms with E-state index < -0.39 is 10.0 Å². The highest BCUT2D eigenvalue weighted by Gasteiger charge is 2.30. The summed E-state index contributed by atoms with van der Waals surface area (Å²) in [5, 5.41) is 2.32. The fourth-order valence-corrected chi connectivity index (χ4v) is 5.11. The van der Waals surface area contributed by atoms with E-state index in [1.165, 1.54) is 4.31 Å². The smallest absolute Gasteiger partial charge is 0.243 e. The molecule has 0 aliphatic carbocycles. The van der Waals surface area contributed by atoms with Crippen LogP contribution in [0.4, 0.5) is 0 Å². The highest BCUT2D eigenvalue weighted by Crippen LogP contribution is 2.25. The molecule has 2 aromatic carbocycles. The minimum Gasteiger partial charge on any atom is -0.340 e. The Labute approximate surface area is 174 Å². The highest BCUT2D eigenvalue weighted by atomic mass is 35.5. The Morgan fingerprint density at radius 1 is 0.931 bits per heavy atom. The number of hydrogen-bond donors (Lipinski definition) is 0. The Morgan fingerprint density at radius 3 is 2.31 bits per heavy atom. The summed E-state index contributed by atoms with van der Waals surface area (Å²) in [6.07, 6.45) is 3.61. The van der Waals surface area contributed by atoms with E-state index >= 15 is 0 Å². The van der Waals surface area contributed by atoms with Crippen LogP contribution in [-0.4, -0.2) is 54.7 Å². The lowest BCUT2D eigenvalue weighted by Crippen LogP contribution is -2.50. The molecule has 3 aromatic rings. The predicted molar refractivity (Wildman–Crippen MR) is 112 cm³/mol. The van der Waals surface area contributed by atoms with Crippen molar-refractivity contribution >= 4 is 38.3 Å². The Hall–Kier alpha value is -2.48. The van der Waals surface area contributed by atoms with Gasteiger partial charge in [0.1, 0.15) is 0 Å². The summed E-state index contributed by atoms with van der Waals surface area (Å²) in [5.74, 6) is -0.00386. The molecule has 1 aliphatic heterocycles. The topological polar surface area (TPSA) is 70.6 Å². The van der Waals surface area contributed by atoms with Crippen molar-refractivity contribution < 1.29 is 13.2 Å². The molecule has 150 valence electrons. The van der Waals surface area contributed by atoms with Crippen LogP contribution in [0.3, 0.4) is 0 Å². The van der Waals surface area contributed by atoms with Gasteiger partial charge >= 0.3 is 0 Å². The van der Waals surface area contributed by atoms with Crippen molar-refractivity contribution in [2.75, 3.05) is 26.2 Å². The number of halogens is 1. The van der Waals surface area contributed by atoms with Crippen LogP contribution in [-0.2, 0) is 21.2 Å². The number of pyridine rings is 1. The minimum absolute atomic E-state index is 0.00386. The Balaban J connectivity index is 1.44. The van der Waals surface area contributed by atoms with Crippen LogP contribution in [0.2, 0.25) is 5.02 Å². The first-order chi connectivity index (χ1) is 13.9. The van der Waals surface area contributed by atoms with Crippen LogP contribution >= 0.6 is 11.6 Å². The first-order valence-electron chi connectivity index (χ1n) is 9.30. The molecular weight excluding hydrogens is 410 g/mol. The molecule has 0 atom stereocenters. The average molecular weight is 430 g/mol. The number of fused-ring (bicyclic) bond motifs is 1. The Kier molecular flexibility index (Phi) is 5.54. The standard InChI is InChI=1S/C21H20ClN3O3S/c22-19-3-1-18-15-20(4-2-17(18)14-19)29(27,28)25-11-9-24(10-12-25)21(26)13-16-5-7-23-8-6-16/h1-8,14-15H,9-13H2. The SMILES string of the molecule is O=C(Cc1ccncc1)N1CCN(S(=O)(=O)c2ccc3cc(Cl)ccc3c2)CC1. The van der Waals surface area contributed by atoms with E-state index in [0.717, 1.165) is 16.3 Å². The molecule has 29 heavy (non-hydrogen) atoms. The molecule has 1 amide bonds. The van der Waals surface area contributed by atoms with Gasteiger partial charge in [0.25, 0.3) is 0 Å². The number of benzene rings is 2. The number of piperazine rings is 1. The van der Waals surface area contributed by atoms with Crippen molar-refractivity contribution in [2.45, 2.75) is 11.3 Å². The van der Waals surface area contributed by atoms with E-state index in [1.807, 2.05) is 18.2 Å². The Morgan fingerprint density at radius 2 is 1.59 bits per heavy atom. The van der Waals surface area contributed by atoms with Crippen LogP contribution in [0.5, 0.6) is 0 Å². The molecule has 0 radical (unpaired) electrons. The average Bonchev–Trinajstić information content (AvgIpc) is 2.74. The van der Waals surface area contributed by atoms with Crippen molar-refractivity contribution in [1.82, 2.24) is 14.2 Å². The van der Waals surface area contributed by atoms with Gasteiger partial charge < -0.3 is 4.90 Å². The third kappa shape index (κ3) is 4.27. The second-order valence-corrected chi connectivity index (χ2v) is 9.34. The van der Waals surface area contributed by atoms with E-state index in [1.54, 1.807) is 47.6 Å². The van der Waals surface area contributed by atoms with Crippen molar-refractivity contribution in [2.24, 2.45) is 0 Å². The second kappa shape index (κ2) is 8.10. The van der Waals surface area contributed by atoms with Gasteiger partial charge in [-0.1, -0.05) is 23.7 Å². The third-order valence-electron chi connectivity index (χ3n) is 5.11. The monoisotopic (exact) mass is 429 g/mol. The van der Waals surface area contributed by atoms with Gasteiger partial charge in [-0.3, -0.25) is 9.78 Å². The molecule has 1 fully saturated rings. The van der Waals surface area contributed by atoms with E-state index in [2.05, 4.69) is 4.98 Å². The van der Waals surface area contributed by atoms with Crippen molar-refractivity contribution in [1.29, 1.82) is 0 Å². The molecule has 1 saturated heterocycles. The molecule has 8 heteroatoms. The maximum Gasteiger partial charge on any atom is 0.243 e. The fraction of sp³-hybridized carbons (Fsp3) is 0.238. The van der Waals surface area contributed by atoms with Gasteiger partial charge in [-0.15, -0.1) is 0 Å². The van der Waals surface area contributed by atoms with E-state index in [4.69, 9.17) is 11.6 Å². The first-order valence-corrected chi connectivity index (χ1v) is 11.1. The normalized spacial score (nSPS) is 15.6. The van der Waals surface area contributed by atoms with Crippen molar-refractivity contribution in [3.63, 3.8) is 0 Å². The van der Waals surface area contributed by atoms with E-state index in [-0.39, 0.29) is 23.9 Å². The van der Waals surface area contributed by atoms with Gasteiger partial charge in [-0.25, -0.2) is 8.42 Å². The number of hydrogen-bond acceptors (Lipinski definition) is 4. The summed E-state index contributed by atoms with van der Waals surface area (Å²) >= 11 is 6.00. The number of carbonyl (C=O) groups excluding carboxylic acids is 1. The quantitative estimate of drug-likeness (QED) is 0.639. The summed E-state index contributed by atoms with van der Waals surface area (Å²) in [7, 11) is -3.62. The molecule has 0 saturated carbocycles. The van der Waals surface area contributed by atoms with Crippen LogP contribution in [0.25, 0.3) is 10.8 Å². The maximum atomic E-state index is 13.1. The lowest BCUT2D eigenvalue weighted by Gasteiger charge is -2.34. The third-order valence-corrected chi connectivity index (χ3v) is 7.24. The molecule has 0 N–H and O–H groups in total. The lowest BCUT2D eigenvalue weighted by molar-refractivity contribution is -0.131. The number of nitrogens with zero attached hydrogens (tertiary/aromatic N) is 3. The number of carbonyl (C=O) groups is 1. The van der Waals surface area contributed by atoms with Crippen LogP contribution in [0, 0.1) is 0 Å². The summed E-state index contributed by atoms with van der Waals surface area (Å²) in [5.41, 5.74) is 0.899. The van der Waals surface area contributed by atoms with Gasteiger partial charge in [0, 0.05) is 43.6 Å². The largest absolute Gasteiger partial charge is 0.340 e. The van der Waals surface area contributed by atoms with Gasteiger partial charge in [0.2, 0.25) is 15.9 Å². The number of rotatable bonds is 4. The van der Waals surface area contributed by atoms with Crippen LogP contribution in [0.1, 0.15) is 5.56 Å². The zero-order valence-electron chi connectivity index (χ0n) is 15.7. The zero-order chi connectivity index (χ0) is 20.4. The van der Waals surface area contributed by atoms with Crippen LogP contribution < -0.4 is 0 Å². The summed E-state index contributed by atoms with van der Waals surface area (Å²) in [4.78, 5) is 18.4. The van der Waals surface area contributed by atoms with E-state index in [0.29, 0.717) is 24.5 Å². The van der Waals surface area contributed by atoms with Gasteiger partial charge in [-0.2, -0.15) is 4.31 Å². The van der Waals surface area contributed by atoms with Gasteiger partial charge in [0.15, 0.2) is 0 Å². The zero-order valence-corrected chi connectivity index (χ0v) is 17.2. The predicted octanol–water partition coefficient (Wildman–Crippen LogP) is 2.96. The minimum atomic E-state index is -3.62. The first kappa shape index (κ1) is 19.8. The van der Waals surface area contributed by atoms with Crippen molar-refractivity contribution in [3.8, 4) is 0 Å². The molecule has 0 bridgehead atoms. The number of aromatic nitrogens is 1. The Bertz CT molecular complexity index is 1140. The van der Waals surface area contributed by atoms with Crippen LogP contribution in [0.15, 0.2) is 65.8 Å².